The molecule has 0 fully saturated rings. The Hall–Kier alpha value is -2.70. The first-order chi connectivity index (χ1) is 9.88. The van der Waals surface area contributed by atoms with Crippen LogP contribution in [0.5, 0.6) is 23.0 Å². The molecule has 0 aliphatic heterocycles. The van der Waals surface area contributed by atoms with Gasteiger partial charge in [-0.15, -0.1) is 0 Å². The Kier molecular flexibility index (Phi) is 5.59. The summed E-state index contributed by atoms with van der Waals surface area (Å²) in [5.41, 5.74) is 0.166. The van der Waals surface area contributed by atoms with E-state index < -0.39 is 18.5 Å². The number of hydrogen-bond donors (Lipinski definition) is 1. The molecule has 0 aromatic heterocycles. The van der Waals surface area contributed by atoms with Crippen molar-refractivity contribution in [1.82, 2.24) is 0 Å². The minimum atomic E-state index is -0.837. The highest BCUT2D eigenvalue weighted by Crippen LogP contribution is 2.40. The van der Waals surface area contributed by atoms with E-state index in [2.05, 4.69) is 11.3 Å². The number of ether oxygens (including phenoxy) is 4. The molecule has 0 spiro atoms. The van der Waals surface area contributed by atoms with E-state index in [0.29, 0.717) is 0 Å². The lowest BCUT2D eigenvalue weighted by Crippen LogP contribution is -2.19. The second-order valence-corrected chi connectivity index (χ2v) is 4.01. The van der Waals surface area contributed by atoms with Crippen molar-refractivity contribution in [3.8, 4) is 23.0 Å². The van der Waals surface area contributed by atoms with Crippen LogP contribution in [0.15, 0.2) is 24.3 Å². The van der Waals surface area contributed by atoms with E-state index in [-0.39, 0.29) is 28.6 Å². The van der Waals surface area contributed by atoms with Gasteiger partial charge in [-0.05, 0) is 6.92 Å². The maximum absolute atomic E-state index is 11.6. The van der Waals surface area contributed by atoms with E-state index in [9.17, 15) is 14.7 Å². The molecule has 0 amide bonds. The first-order valence-corrected chi connectivity index (χ1v) is 5.87. The van der Waals surface area contributed by atoms with Crippen molar-refractivity contribution >= 4 is 11.9 Å². The number of phenols is 1. The maximum atomic E-state index is 11.6. The predicted octanol–water partition coefficient (Wildman–Crippen LogP) is 1.43. The van der Waals surface area contributed by atoms with E-state index in [0.717, 1.165) is 0 Å². The van der Waals surface area contributed by atoms with Crippen molar-refractivity contribution in [2.45, 2.75) is 6.92 Å². The van der Waals surface area contributed by atoms with Crippen LogP contribution < -0.4 is 14.2 Å². The van der Waals surface area contributed by atoms with Crippen LogP contribution in [0.4, 0.5) is 0 Å². The summed E-state index contributed by atoms with van der Waals surface area (Å²) in [4.78, 5) is 22.8. The minimum absolute atomic E-state index is 0.0321. The average molecular weight is 296 g/mol. The highest BCUT2D eigenvalue weighted by Gasteiger charge is 2.17. The summed E-state index contributed by atoms with van der Waals surface area (Å²) in [5, 5.41) is 9.71. The zero-order valence-electron chi connectivity index (χ0n) is 12.0. The number of phenolic OH excluding ortho intramolecular Hbond substituents is 1. The molecule has 0 unspecified atom stereocenters. The van der Waals surface area contributed by atoms with E-state index >= 15 is 0 Å². The van der Waals surface area contributed by atoms with E-state index in [1.165, 1.54) is 33.3 Å². The molecule has 114 valence electrons. The van der Waals surface area contributed by atoms with Gasteiger partial charge in [0.1, 0.15) is 5.75 Å². The Morgan fingerprint density at radius 1 is 1.24 bits per heavy atom. The van der Waals surface area contributed by atoms with Gasteiger partial charge in [-0.1, -0.05) is 6.58 Å². The Bertz CT molecular complexity index is 563. The van der Waals surface area contributed by atoms with Crippen LogP contribution in [0.1, 0.15) is 6.92 Å². The minimum Gasteiger partial charge on any atom is -0.504 e. The number of esters is 2. The lowest BCUT2D eigenvalue weighted by Gasteiger charge is -2.12. The standard InChI is InChI=1S/C14H16O7/c1-8(2)14(17)20-7-12(16)21-11-6-9(18-3)5-10(15)13(11)19-4/h5-6,15H,1,7H2,2-4H3. The van der Waals surface area contributed by atoms with Gasteiger partial charge < -0.3 is 24.1 Å². The fraction of sp³-hybridized carbons (Fsp3) is 0.286. The van der Waals surface area contributed by atoms with Crippen LogP contribution in [0.3, 0.4) is 0 Å². The monoisotopic (exact) mass is 296 g/mol. The highest BCUT2D eigenvalue weighted by atomic mass is 16.6. The second kappa shape index (κ2) is 7.18. The summed E-state index contributed by atoms with van der Waals surface area (Å²) in [6.07, 6.45) is 0. The number of benzene rings is 1. The molecule has 1 aromatic carbocycles. The van der Waals surface area contributed by atoms with Crippen LogP contribution in [-0.2, 0) is 14.3 Å². The van der Waals surface area contributed by atoms with Crippen molar-refractivity contribution in [2.75, 3.05) is 20.8 Å². The molecule has 0 aliphatic carbocycles. The van der Waals surface area contributed by atoms with Gasteiger partial charge in [0.25, 0.3) is 0 Å². The molecule has 21 heavy (non-hydrogen) atoms. The van der Waals surface area contributed by atoms with E-state index in [1.54, 1.807) is 0 Å². The van der Waals surface area contributed by atoms with Crippen LogP contribution in [0, 0.1) is 0 Å². The van der Waals surface area contributed by atoms with Gasteiger partial charge in [-0.2, -0.15) is 0 Å². The van der Waals surface area contributed by atoms with Crippen molar-refractivity contribution in [3.63, 3.8) is 0 Å². The third kappa shape index (κ3) is 4.41. The summed E-state index contributed by atoms with van der Waals surface area (Å²) >= 11 is 0. The highest BCUT2D eigenvalue weighted by molar-refractivity contribution is 5.88. The lowest BCUT2D eigenvalue weighted by molar-refractivity contribution is -0.150. The summed E-state index contributed by atoms with van der Waals surface area (Å²) in [6.45, 7) is 4.25. The summed E-state index contributed by atoms with van der Waals surface area (Å²) in [7, 11) is 2.70. The molecule has 1 rings (SSSR count). The fourth-order valence-corrected chi connectivity index (χ4v) is 1.36. The van der Waals surface area contributed by atoms with Crippen LogP contribution in [0.25, 0.3) is 0 Å². The molecular weight excluding hydrogens is 280 g/mol. The Balaban J connectivity index is 2.82. The van der Waals surface area contributed by atoms with Crippen molar-refractivity contribution < 1.29 is 33.6 Å². The normalized spacial score (nSPS) is 9.67. The molecule has 7 nitrogen and oxygen atoms in total. The average Bonchev–Trinajstić information content (AvgIpc) is 2.44. The SMILES string of the molecule is C=C(C)C(=O)OCC(=O)Oc1cc(OC)cc(O)c1OC. The molecule has 0 aliphatic rings. The summed E-state index contributed by atoms with van der Waals surface area (Å²) in [5.74, 6) is -1.60. The van der Waals surface area contributed by atoms with Gasteiger partial charge in [0.15, 0.2) is 18.1 Å². The van der Waals surface area contributed by atoms with Crippen LogP contribution >= 0.6 is 0 Å². The maximum Gasteiger partial charge on any atom is 0.349 e. The number of hydrogen-bond acceptors (Lipinski definition) is 7. The number of methoxy groups -OCH3 is 2. The summed E-state index contributed by atoms with van der Waals surface area (Å²) in [6, 6.07) is 2.66. The topological polar surface area (TPSA) is 91.3 Å². The van der Waals surface area contributed by atoms with Crippen molar-refractivity contribution in [2.24, 2.45) is 0 Å². The second-order valence-electron chi connectivity index (χ2n) is 4.01. The molecule has 0 saturated carbocycles. The van der Waals surface area contributed by atoms with Gasteiger partial charge in [-0.25, -0.2) is 9.59 Å². The molecule has 0 radical (unpaired) electrons. The first kappa shape index (κ1) is 16.4. The molecule has 0 heterocycles. The Morgan fingerprint density at radius 3 is 2.43 bits per heavy atom. The van der Waals surface area contributed by atoms with Crippen molar-refractivity contribution in [3.05, 3.63) is 24.3 Å². The molecule has 0 bridgehead atoms. The molecule has 7 heteroatoms. The summed E-state index contributed by atoms with van der Waals surface area (Å²) < 4.78 is 19.5. The van der Waals surface area contributed by atoms with Gasteiger partial charge in [0.05, 0.1) is 14.2 Å². The van der Waals surface area contributed by atoms with Gasteiger partial charge in [0, 0.05) is 17.7 Å². The Labute approximate surface area is 121 Å². The lowest BCUT2D eigenvalue weighted by atomic mass is 10.2. The number of rotatable bonds is 6. The number of aromatic hydroxyl groups is 1. The van der Waals surface area contributed by atoms with E-state index in [4.69, 9.17) is 14.2 Å². The fourth-order valence-electron chi connectivity index (χ4n) is 1.36. The predicted molar refractivity (Wildman–Crippen MR) is 72.6 cm³/mol. The smallest absolute Gasteiger partial charge is 0.349 e. The van der Waals surface area contributed by atoms with Crippen LogP contribution in [-0.4, -0.2) is 37.9 Å². The molecular formula is C14H16O7. The number of carbonyl (C=O) groups is 2. The first-order valence-electron chi connectivity index (χ1n) is 5.87. The Morgan fingerprint density at radius 2 is 1.90 bits per heavy atom. The van der Waals surface area contributed by atoms with E-state index in [1.807, 2.05) is 0 Å². The molecule has 1 aromatic rings. The number of carbonyl (C=O) groups excluding carboxylic acids is 2. The zero-order chi connectivity index (χ0) is 16.0. The van der Waals surface area contributed by atoms with Gasteiger partial charge in [-0.3, -0.25) is 0 Å². The van der Waals surface area contributed by atoms with Crippen molar-refractivity contribution in [1.29, 1.82) is 0 Å². The molecule has 0 atom stereocenters. The van der Waals surface area contributed by atoms with Gasteiger partial charge >= 0.3 is 11.9 Å². The quantitative estimate of drug-likeness (QED) is 0.482. The zero-order valence-corrected chi connectivity index (χ0v) is 12.0. The van der Waals surface area contributed by atoms with Crippen LogP contribution in [0.2, 0.25) is 0 Å². The third-order valence-electron chi connectivity index (χ3n) is 2.34. The molecule has 0 saturated heterocycles. The third-order valence-corrected chi connectivity index (χ3v) is 2.34. The van der Waals surface area contributed by atoms with Gasteiger partial charge in [0.2, 0.25) is 5.75 Å². The largest absolute Gasteiger partial charge is 0.504 e. The molecule has 1 N–H and O–H groups in total.